The molecule has 224 valence electrons. The van der Waals surface area contributed by atoms with Crippen molar-refractivity contribution in [3.05, 3.63) is 63.1 Å². The third-order valence-electron chi connectivity index (χ3n) is 8.51. The summed E-state index contributed by atoms with van der Waals surface area (Å²) >= 11 is 14.3. The molecule has 0 bridgehead atoms. The molecule has 1 aliphatic heterocycles. The van der Waals surface area contributed by atoms with Crippen molar-refractivity contribution < 1.29 is 28.3 Å². The van der Waals surface area contributed by atoms with Crippen LogP contribution >= 0.6 is 34.5 Å². The number of carbonyl (C=O) groups is 2. The normalized spacial score (nSPS) is 21.5. The Bertz CT molecular complexity index is 1710. The third-order valence-corrected chi connectivity index (χ3v) is 10.2. The fourth-order valence-electron chi connectivity index (χ4n) is 6.29. The van der Waals surface area contributed by atoms with Gasteiger partial charge < -0.3 is 24.6 Å². The maximum absolute atomic E-state index is 14.8. The Morgan fingerprint density at radius 3 is 2.56 bits per heavy atom. The van der Waals surface area contributed by atoms with Gasteiger partial charge in [-0.25, -0.2) is 9.37 Å². The van der Waals surface area contributed by atoms with E-state index in [1.54, 1.807) is 24.3 Å². The van der Waals surface area contributed by atoms with E-state index in [-0.39, 0.29) is 17.2 Å². The lowest BCUT2D eigenvalue weighted by Gasteiger charge is -2.19. The van der Waals surface area contributed by atoms with Crippen molar-refractivity contribution in [1.82, 2.24) is 15.5 Å². The van der Waals surface area contributed by atoms with Crippen LogP contribution in [0.5, 0.6) is 0 Å². The van der Waals surface area contributed by atoms with Crippen molar-refractivity contribution in [2.45, 2.75) is 44.3 Å². The average molecular weight is 646 g/mol. The zero-order chi connectivity index (χ0) is 29.8. The molecule has 1 saturated heterocycles. The minimum Gasteiger partial charge on any atom is -0.480 e. The highest BCUT2D eigenvalue weighted by Crippen LogP contribution is 2.47. The Labute approximate surface area is 259 Å². The summed E-state index contributed by atoms with van der Waals surface area (Å²) in [7, 11) is 0. The monoisotopic (exact) mass is 644 g/mol. The molecule has 7 rings (SSSR count). The van der Waals surface area contributed by atoms with Gasteiger partial charge in [-0.05, 0) is 61.8 Å². The van der Waals surface area contributed by atoms with Gasteiger partial charge in [0.05, 0.1) is 27.5 Å². The van der Waals surface area contributed by atoms with Crippen LogP contribution < -0.4 is 10.2 Å². The first-order valence-corrected chi connectivity index (χ1v) is 15.7. The van der Waals surface area contributed by atoms with Gasteiger partial charge in [0, 0.05) is 35.7 Å². The number of aliphatic carboxylic acids is 1. The molecule has 2 aliphatic carbocycles. The highest BCUT2D eigenvalue weighted by Gasteiger charge is 2.43. The molecule has 3 atom stereocenters. The van der Waals surface area contributed by atoms with Crippen molar-refractivity contribution in [2.75, 3.05) is 24.5 Å². The van der Waals surface area contributed by atoms with Crippen molar-refractivity contribution >= 4 is 61.8 Å². The maximum Gasteiger partial charge on any atom is 0.322 e. The lowest BCUT2D eigenvalue weighted by molar-refractivity contribution is -0.135. The van der Waals surface area contributed by atoms with Gasteiger partial charge >= 0.3 is 5.97 Å². The molecule has 1 unspecified atom stereocenters. The minimum absolute atomic E-state index is 0.0670. The van der Waals surface area contributed by atoms with Gasteiger partial charge in [-0.3, -0.25) is 9.59 Å². The fraction of sp³-hybridized carbons (Fsp3) is 0.400. The molecule has 4 aromatic rings. The average Bonchev–Trinajstić information content (AvgIpc) is 3.26. The van der Waals surface area contributed by atoms with Gasteiger partial charge in [-0.15, -0.1) is 0 Å². The third kappa shape index (κ3) is 5.59. The zero-order valence-electron chi connectivity index (χ0n) is 22.8. The predicted octanol–water partition coefficient (Wildman–Crippen LogP) is 6.52. The number of thiazole rings is 1. The Hall–Kier alpha value is -3.25. The van der Waals surface area contributed by atoms with E-state index in [4.69, 9.17) is 37.6 Å². The van der Waals surface area contributed by atoms with Crippen LogP contribution in [-0.4, -0.2) is 52.9 Å². The molecule has 1 amide bonds. The predicted molar refractivity (Wildman–Crippen MR) is 160 cm³/mol. The Kier molecular flexibility index (Phi) is 7.53. The first-order chi connectivity index (χ1) is 20.7. The minimum atomic E-state index is -1.17. The van der Waals surface area contributed by atoms with E-state index in [0.717, 1.165) is 56.2 Å². The number of nitrogens with zero attached hydrogens (tertiary/aromatic N) is 3. The number of carboxylic acids is 1. The summed E-state index contributed by atoms with van der Waals surface area (Å²) in [6.07, 6.45) is 4.03. The van der Waals surface area contributed by atoms with Crippen molar-refractivity contribution in [3.8, 4) is 11.3 Å². The number of nitrogens with one attached hydrogen (secondary N) is 1. The van der Waals surface area contributed by atoms with Gasteiger partial charge in [-0.2, -0.15) is 0 Å². The van der Waals surface area contributed by atoms with Gasteiger partial charge in [0.1, 0.15) is 23.5 Å². The molecular weight excluding hydrogens is 618 g/mol. The molecular formula is C30H27Cl2FN4O5S. The standard InChI is InChI=1S/C30H27Cl2FN4O5S/c31-20-2-1-3-21(32)25(20)26-19(28(42-36-26)14-4-5-14)13-41-18-6-16-11-37(12-17(16)7-18)30-35-27-22(33)8-15(9-23(27)43-30)29(40)34-10-24(38)39/h1-3,8-9,14,16-18H,4-7,10-13H2,(H,34,40)(H,38,39)/t16-,17+,18?. The molecule has 43 heavy (non-hydrogen) atoms. The number of hydrogen-bond acceptors (Lipinski definition) is 8. The number of halogens is 3. The van der Waals surface area contributed by atoms with Crippen LogP contribution in [0, 0.1) is 17.7 Å². The van der Waals surface area contributed by atoms with E-state index in [1.165, 1.54) is 11.3 Å². The topological polar surface area (TPSA) is 118 Å². The molecule has 9 nitrogen and oxygen atoms in total. The Balaban J connectivity index is 1.01. The van der Waals surface area contributed by atoms with Crippen LogP contribution in [-0.2, 0) is 16.1 Å². The summed E-state index contributed by atoms with van der Waals surface area (Å²) in [5, 5.41) is 17.2. The van der Waals surface area contributed by atoms with E-state index in [2.05, 4.69) is 20.4 Å². The highest BCUT2D eigenvalue weighted by molar-refractivity contribution is 7.22. The van der Waals surface area contributed by atoms with Crippen molar-refractivity contribution in [3.63, 3.8) is 0 Å². The summed E-state index contributed by atoms with van der Waals surface area (Å²) in [5.74, 6) is -0.366. The quantitative estimate of drug-likeness (QED) is 0.211. The number of anilines is 1. The SMILES string of the molecule is O=C(O)CNC(=O)c1cc(F)c2nc(N3C[C@H]4CC(OCc5c(-c6c(Cl)cccc6Cl)noc5C5CC5)C[C@H]4C3)sc2c1. The van der Waals surface area contributed by atoms with Gasteiger partial charge in [0.15, 0.2) is 10.9 Å². The number of aromatic nitrogens is 2. The molecule has 3 aliphatic rings. The van der Waals surface area contributed by atoms with Crippen LogP contribution in [0.1, 0.15) is 53.3 Å². The number of hydrogen-bond donors (Lipinski definition) is 2. The molecule has 2 aromatic heterocycles. The number of carbonyl (C=O) groups excluding carboxylic acids is 1. The zero-order valence-corrected chi connectivity index (χ0v) is 25.1. The highest BCUT2D eigenvalue weighted by atomic mass is 35.5. The summed E-state index contributed by atoms with van der Waals surface area (Å²) in [4.78, 5) is 29.8. The number of benzene rings is 2. The van der Waals surface area contributed by atoms with Gasteiger partial charge in [0.25, 0.3) is 5.91 Å². The molecule has 13 heteroatoms. The maximum atomic E-state index is 14.8. The second kappa shape index (κ2) is 11.4. The molecule has 3 fully saturated rings. The summed E-state index contributed by atoms with van der Waals surface area (Å²) in [6, 6.07) is 8.04. The second-order valence-corrected chi connectivity index (χ2v) is 13.3. The Morgan fingerprint density at radius 1 is 1.16 bits per heavy atom. The molecule has 2 N–H and O–H groups in total. The van der Waals surface area contributed by atoms with Crippen molar-refractivity contribution in [1.29, 1.82) is 0 Å². The first-order valence-electron chi connectivity index (χ1n) is 14.1. The lowest BCUT2D eigenvalue weighted by Crippen LogP contribution is -2.29. The number of carboxylic acid groups (broad SMARTS) is 1. The summed E-state index contributed by atoms with van der Waals surface area (Å²) in [5.41, 5.74) is 2.51. The summed E-state index contributed by atoms with van der Waals surface area (Å²) in [6.45, 7) is 1.42. The van der Waals surface area contributed by atoms with E-state index < -0.39 is 24.2 Å². The van der Waals surface area contributed by atoms with Crippen LogP contribution in [0.3, 0.4) is 0 Å². The van der Waals surface area contributed by atoms with E-state index >= 15 is 0 Å². The smallest absolute Gasteiger partial charge is 0.322 e. The van der Waals surface area contributed by atoms with Gasteiger partial charge in [-0.1, -0.05) is 45.8 Å². The van der Waals surface area contributed by atoms with Crippen LogP contribution in [0.25, 0.3) is 21.5 Å². The molecule has 2 saturated carbocycles. The van der Waals surface area contributed by atoms with Crippen LogP contribution in [0.15, 0.2) is 34.9 Å². The number of ether oxygens (including phenoxy) is 1. The molecule has 0 spiro atoms. The summed E-state index contributed by atoms with van der Waals surface area (Å²) < 4.78 is 27.6. The van der Waals surface area contributed by atoms with Crippen LogP contribution in [0.4, 0.5) is 9.52 Å². The van der Waals surface area contributed by atoms with E-state index in [9.17, 15) is 14.0 Å². The van der Waals surface area contributed by atoms with Gasteiger partial charge in [0.2, 0.25) is 0 Å². The van der Waals surface area contributed by atoms with E-state index in [1.807, 2.05) is 0 Å². The Morgan fingerprint density at radius 2 is 1.88 bits per heavy atom. The lowest BCUT2D eigenvalue weighted by atomic mass is 10.0. The largest absolute Gasteiger partial charge is 0.480 e. The first kappa shape index (κ1) is 28.5. The number of amides is 1. The van der Waals surface area contributed by atoms with Crippen LogP contribution in [0.2, 0.25) is 10.0 Å². The second-order valence-electron chi connectivity index (χ2n) is 11.5. The molecule has 2 aromatic carbocycles. The van der Waals surface area contributed by atoms with E-state index in [0.29, 0.717) is 55.5 Å². The molecule has 3 heterocycles. The number of rotatable bonds is 9. The fourth-order valence-corrected chi connectivity index (χ4v) is 7.90. The molecule has 0 radical (unpaired) electrons. The van der Waals surface area contributed by atoms with Crippen molar-refractivity contribution in [2.24, 2.45) is 11.8 Å². The number of fused-ring (bicyclic) bond motifs is 2.